The van der Waals surface area contributed by atoms with Crippen LogP contribution >= 0.6 is 0 Å². The Morgan fingerprint density at radius 1 is 1.53 bits per heavy atom. The fourth-order valence-electron chi connectivity index (χ4n) is 1.62. The molecule has 0 spiro atoms. The summed E-state index contributed by atoms with van der Waals surface area (Å²) in [6.45, 7) is 4.60. The van der Waals surface area contributed by atoms with E-state index in [0.29, 0.717) is 6.61 Å². The van der Waals surface area contributed by atoms with Crippen molar-refractivity contribution in [2.24, 2.45) is 5.73 Å². The molecule has 6 nitrogen and oxygen atoms in total. The van der Waals surface area contributed by atoms with E-state index in [1.165, 1.54) is 4.90 Å². The molecule has 2 amide bonds. The SMILES string of the molecule is CCCOc1ccc(N(C)C(=O)NC(=N)N)c(C)c1. The number of nitrogens with zero attached hydrogens (tertiary/aromatic N) is 1. The Bertz CT molecular complexity index is 474. The van der Waals surface area contributed by atoms with Crippen molar-refractivity contribution in [2.45, 2.75) is 20.3 Å². The van der Waals surface area contributed by atoms with Crippen LogP contribution in [-0.4, -0.2) is 25.6 Å². The highest BCUT2D eigenvalue weighted by molar-refractivity contribution is 6.02. The zero-order chi connectivity index (χ0) is 14.4. The van der Waals surface area contributed by atoms with E-state index in [1.807, 2.05) is 26.0 Å². The van der Waals surface area contributed by atoms with Gasteiger partial charge in [0.2, 0.25) is 0 Å². The van der Waals surface area contributed by atoms with Gasteiger partial charge in [-0.2, -0.15) is 0 Å². The molecule has 1 aromatic carbocycles. The van der Waals surface area contributed by atoms with E-state index in [9.17, 15) is 4.79 Å². The van der Waals surface area contributed by atoms with Crippen molar-refractivity contribution in [3.05, 3.63) is 23.8 Å². The van der Waals surface area contributed by atoms with Crippen LogP contribution in [0.15, 0.2) is 18.2 Å². The third-order valence-electron chi connectivity index (χ3n) is 2.55. The topological polar surface area (TPSA) is 91.4 Å². The zero-order valence-electron chi connectivity index (χ0n) is 11.5. The van der Waals surface area contributed by atoms with E-state index in [1.54, 1.807) is 13.1 Å². The van der Waals surface area contributed by atoms with Gasteiger partial charge in [-0.1, -0.05) is 6.92 Å². The lowest BCUT2D eigenvalue weighted by Crippen LogP contribution is -2.44. The number of guanidine groups is 1. The summed E-state index contributed by atoms with van der Waals surface area (Å²) in [7, 11) is 1.62. The van der Waals surface area contributed by atoms with Crippen LogP contribution in [0.25, 0.3) is 0 Å². The smallest absolute Gasteiger partial charge is 0.328 e. The molecule has 6 heteroatoms. The van der Waals surface area contributed by atoms with Gasteiger partial charge in [-0.05, 0) is 37.1 Å². The van der Waals surface area contributed by atoms with Crippen LogP contribution < -0.4 is 20.7 Å². The second kappa shape index (κ2) is 6.63. The number of anilines is 1. The zero-order valence-corrected chi connectivity index (χ0v) is 11.5. The highest BCUT2D eigenvalue weighted by Gasteiger charge is 2.13. The number of hydrogen-bond acceptors (Lipinski definition) is 3. The van der Waals surface area contributed by atoms with Gasteiger partial charge in [-0.15, -0.1) is 0 Å². The largest absolute Gasteiger partial charge is 0.494 e. The summed E-state index contributed by atoms with van der Waals surface area (Å²) in [4.78, 5) is 13.1. The average molecular weight is 264 g/mol. The van der Waals surface area contributed by atoms with Crippen molar-refractivity contribution < 1.29 is 9.53 Å². The van der Waals surface area contributed by atoms with Gasteiger partial charge >= 0.3 is 6.03 Å². The third-order valence-corrected chi connectivity index (χ3v) is 2.55. The molecule has 0 aliphatic carbocycles. The first kappa shape index (κ1) is 14.8. The molecule has 0 bridgehead atoms. The van der Waals surface area contributed by atoms with Crippen LogP contribution in [0.2, 0.25) is 0 Å². The summed E-state index contributed by atoms with van der Waals surface area (Å²) in [6, 6.07) is 5.05. The maximum atomic E-state index is 11.7. The van der Waals surface area contributed by atoms with E-state index in [-0.39, 0.29) is 5.96 Å². The van der Waals surface area contributed by atoms with Gasteiger partial charge in [-0.25, -0.2) is 4.79 Å². The van der Waals surface area contributed by atoms with Crippen LogP contribution in [0.1, 0.15) is 18.9 Å². The number of ether oxygens (including phenoxy) is 1. The summed E-state index contributed by atoms with van der Waals surface area (Å²) >= 11 is 0. The van der Waals surface area contributed by atoms with Crippen LogP contribution in [-0.2, 0) is 0 Å². The number of nitrogens with one attached hydrogen (secondary N) is 2. The quantitative estimate of drug-likeness (QED) is 0.572. The number of urea groups is 1. The third kappa shape index (κ3) is 4.17. The van der Waals surface area contributed by atoms with Crippen molar-refractivity contribution in [2.75, 3.05) is 18.6 Å². The molecular formula is C13H20N4O2. The van der Waals surface area contributed by atoms with E-state index in [4.69, 9.17) is 15.9 Å². The molecule has 0 saturated heterocycles. The van der Waals surface area contributed by atoms with Crippen LogP contribution in [0, 0.1) is 12.3 Å². The monoisotopic (exact) mass is 264 g/mol. The molecule has 0 radical (unpaired) electrons. The van der Waals surface area contributed by atoms with Gasteiger partial charge < -0.3 is 10.5 Å². The lowest BCUT2D eigenvalue weighted by atomic mass is 10.2. The molecule has 0 aliphatic rings. The molecule has 0 heterocycles. The number of carbonyl (C=O) groups is 1. The maximum absolute atomic E-state index is 11.7. The van der Waals surface area contributed by atoms with E-state index >= 15 is 0 Å². The van der Waals surface area contributed by atoms with Gasteiger partial charge in [0.25, 0.3) is 0 Å². The number of benzene rings is 1. The second-order valence-corrected chi connectivity index (χ2v) is 4.20. The Labute approximate surface area is 113 Å². The summed E-state index contributed by atoms with van der Waals surface area (Å²) in [5, 5.41) is 9.28. The molecule has 19 heavy (non-hydrogen) atoms. The predicted octanol–water partition coefficient (Wildman–Crippen LogP) is 1.82. The summed E-state index contributed by atoms with van der Waals surface area (Å²) in [5.41, 5.74) is 6.78. The van der Waals surface area contributed by atoms with Gasteiger partial charge in [0.1, 0.15) is 5.75 Å². The summed E-state index contributed by atoms with van der Waals surface area (Å²) < 4.78 is 5.52. The first-order valence-corrected chi connectivity index (χ1v) is 6.08. The number of aryl methyl sites for hydroxylation is 1. The highest BCUT2D eigenvalue weighted by Crippen LogP contribution is 2.24. The Kier molecular flexibility index (Phi) is 5.17. The number of hydrogen-bond donors (Lipinski definition) is 3. The molecular weight excluding hydrogens is 244 g/mol. The van der Waals surface area contributed by atoms with E-state index < -0.39 is 6.03 Å². The minimum absolute atomic E-state index is 0.377. The lowest BCUT2D eigenvalue weighted by Gasteiger charge is -2.20. The molecule has 1 rings (SSSR count). The average Bonchev–Trinajstić information content (AvgIpc) is 2.34. The number of carbonyl (C=O) groups excluding carboxylic acids is 1. The second-order valence-electron chi connectivity index (χ2n) is 4.20. The van der Waals surface area contributed by atoms with Crippen LogP contribution in [0.5, 0.6) is 5.75 Å². The Hall–Kier alpha value is -2.24. The van der Waals surface area contributed by atoms with Crippen molar-refractivity contribution in [1.29, 1.82) is 5.41 Å². The van der Waals surface area contributed by atoms with Gasteiger partial charge in [0.05, 0.1) is 6.61 Å². The van der Waals surface area contributed by atoms with Crippen LogP contribution in [0.3, 0.4) is 0 Å². The molecule has 1 aromatic rings. The maximum Gasteiger partial charge on any atom is 0.328 e. The first-order chi connectivity index (χ1) is 8.95. The molecule has 0 aromatic heterocycles. The number of nitrogens with two attached hydrogens (primary N) is 1. The minimum Gasteiger partial charge on any atom is -0.494 e. The minimum atomic E-state index is -0.446. The van der Waals surface area contributed by atoms with Crippen LogP contribution in [0.4, 0.5) is 10.5 Å². The Morgan fingerprint density at radius 3 is 2.74 bits per heavy atom. The molecule has 0 unspecified atom stereocenters. The fraction of sp³-hybridized carbons (Fsp3) is 0.385. The molecule has 0 atom stereocenters. The normalized spacial score (nSPS) is 9.84. The van der Waals surface area contributed by atoms with Crippen molar-refractivity contribution >= 4 is 17.7 Å². The van der Waals surface area contributed by atoms with Gasteiger partial charge in [0, 0.05) is 12.7 Å². The predicted molar refractivity (Wildman–Crippen MR) is 75.8 cm³/mol. The molecule has 0 aliphatic heterocycles. The lowest BCUT2D eigenvalue weighted by molar-refractivity contribution is 0.251. The molecule has 0 saturated carbocycles. The number of amides is 2. The molecule has 4 N–H and O–H groups in total. The summed E-state index contributed by atoms with van der Waals surface area (Å²) in [6.07, 6.45) is 0.946. The van der Waals surface area contributed by atoms with Gasteiger partial charge in [-0.3, -0.25) is 15.6 Å². The highest BCUT2D eigenvalue weighted by atomic mass is 16.5. The van der Waals surface area contributed by atoms with Gasteiger partial charge in [0.15, 0.2) is 5.96 Å². The Morgan fingerprint density at radius 2 is 2.21 bits per heavy atom. The molecule has 0 fully saturated rings. The van der Waals surface area contributed by atoms with Crippen molar-refractivity contribution in [3.63, 3.8) is 0 Å². The standard InChI is InChI=1S/C13H20N4O2/c1-4-7-19-10-5-6-11(9(2)8-10)17(3)13(18)16-12(14)15/h5-6,8H,4,7H2,1-3H3,(H4,14,15,16,18). The summed E-state index contributed by atoms with van der Waals surface area (Å²) in [5.74, 6) is 0.404. The number of rotatable bonds is 4. The van der Waals surface area contributed by atoms with E-state index in [0.717, 1.165) is 23.4 Å². The van der Waals surface area contributed by atoms with Crippen molar-refractivity contribution in [3.8, 4) is 5.75 Å². The molecule has 104 valence electrons. The fourth-order valence-corrected chi connectivity index (χ4v) is 1.62. The Balaban J connectivity index is 2.83. The van der Waals surface area contributed by atoms with Crippen molar-refractivity contribution in [1.82, 2.24) is 5.32 Å². The first-order valence-electron chi connectivity index (χ1n) is 6.08. The van der Waals surface area contributed by atoms with E-state index in [2.05, 4.69) is 5.32 Å².